The summed E-state index contributed by atoms with van der Waals surface area (Å²) < 4.78 is 4.91. The van der Waals surface area contributed by atoms with Gasteiger partial charge in [0.1, 0.15) is 11.8 Å². The van der Waals surface area contributed by atoms with Gasteiger partial charge in [0.25, 0.3) is 0 Å². The number of nitrogens with one attached hydrogen (secondary N) is 2. The molecule has 3 saturated heterocycles. The largest absolute Gasteiger partial charge is 0.494 e. The summed E-state index contributed by atoms with van der Waals surface area (Å²) in [5.74, 6) is -0.601. The van der Waals surface area contributed by atoms with Gasteiger partial charge in [-0.25, -0.2) is 0 Å². The number of ether oxygens (including phenoxy) is 1. The van der Waals surface area contributed by atoms with E-state index in [1.165, 1.54) is 0 Å². The third-order valence-electron chi connectivity index (χ3n) is 7.27. The van der Waals surface area contributed by atoms with Crippen LogP contribution in [0.2, 0.25) is 0 Å². The zero-order chi connectivity index (χ0) is 25.2. The third kappa shape index (κ3) is 4.89. The highest BCUT2D eigenvalue weighted by Gasteiger charge is 2.73. The molecule has 0 aliphatic carbocycles. The maximum Gasteiger partial charge on any atom is 0.244 e. The maximum absolute atomic E-state index is 13.8. The van der Waals surface area contributed by atoms with Crippen LogP contribution in [0.5, 0.6) is 5.75 Å². The molecule has 3 aliphatic rings. The lowest BCUT2D eigenvalue weighted by atomic mass is 9.70. The highest BCUT2D eigenvalue weighted by molar-refractivity contribution is 8.02. The molecule has 5 atom stereocenters. The monoisotopic (exact) mass is 503 g/mol. The Balaban J connectivity index is 1.57. The number of hydrogen-bond donors (Lipinski definition) is 3. The second kappa shape index (κ2) is 10.8. The van der Waals surface area contributed by atoms with Crippen molar-refractivity contribution in [3.8, 4) is 5.75 Å². The molecule has 35 heavy (non-hydrogen) atoms. The number of fused-ring (bicyclic) bond motifs is 1. The number of carbonyl (C=O) groups excluding carboxylic acids is 3. The molecule has 2 unspecified atom stereocenters. The van der Waals surface area contributed by atoms with Crippen molar-refractivity contribution in [1.29, 1.82) is 0 Å². The molecule has 4 rings (SSSR count). The van der Waals surface area contributed by atoms with Crippen molar-refractivity contribution in [3.63, 3.8) is 0 Å². The minimum Gasteiger partial charge on any atom is -0.494 e. The van der Waals surface area contributed by atoms with E-state index in [9.17, 15) is 14.4 Å². The molecule has 1 aromatic rings. The van der Waals surface area contributed by atoms with Crippen molar-refractivity contribution in [2.24, 2.45) is 11.8 Å². The van der Waals surface area contributed by atoms with E-state index in [1.807, 2.05) is 45.0 Å². The van der Waals surface area contributed by atoms with E-state index in [-0.39, 0.29) is 35.6 Å². The summed E-state index contributed by atoms with van der Waals surface area (Å²) in [5, 5.41) is 15.2. The van der Waals surface area contributed by atoms with Crippen molar-refractivity contribution in [2.45, 2.75) is 75.0 Å². The Bertz CT molecular complexity index is 939. The van der Waals surface area contributed by atoms with Crippen LogP contribution in [0.4, 0.5) is 5.69 Å². The van der Waals surface area contributed by atoms with Crippen LogP contribution in [0, 0.1) is 11.8 Å². The standard InChI is InChI=1S/C26H37N3O5S/c1-4-34-18-10-8-17(9-11-18)28-23(31)20-19-12-13-26(35-19)21(20)25(33)29(14-6-5-7-15-30)22(26)24(32)27-16(2)3/h8-11,16,19-22,30H,4-7,12-15H2,1-3H3,(H,27,32)(H,28,31)/t19-,20+,21+,22?,26?/m1/s1. The van der Waals surface area contributed by atoms with Crippen molar-refractivity contribution in [1.82, 2.24) is 10.2 Å². The fraction of sp³-hybridized carbons (Fsp3) is 0.654. The number of nitrogens with zero attached hydrogens (tertiary/aromatic N) is 1. The molecule has 0 aromatic heterocycles. The van der Waals surface area contributed by atoms with Gasteiger partial charge in [-0.1, -0.05) is 0 Å². The predicted octanol–water partition coefficient (Wildman–Crippen LogP) is 2.80. The molecule has 3 aliphatic heterocycles. The van der Waals surface area contributed by atoms with E-state index >= 15 is 0 Å². The first-order chi connectivity index (χ1) is 16.8. The minimum absolute atomic E-state index is 0.0255. The first-order valence-electron chi connectivity index (χ1n) is 12.8. The van der Waals surface area contributed by atoms with Crippen LogP contribution in [0.25, 0.3) is 0 Å². The zero-order valence-electron chi connectivity index (χ0n) is 20.8. The number of benzene rings is 1. The highest BCUT2D eigenvalue weighted by atomic mass is 32.2. The molecule has 1 aromatic carbocycles. The Kier molecular flexibility index (Phi) is 7.96. The van der Waals surface area contributed by atoms with Crippen molar-refractivity contribution in [2.75, 3.05) is 25.1 Å². The Morgan fingerprint density at radius 1 is 1.20 bits per heavy atom. The summed E-state index contributed by atoms with van der Waals surface area (Å²) in [4.78, 5) is 42.4. The Labute approximate surface area is 211 Å². The van der Waals surface area contributed by atoms with E-state index in [0.717, 1.165) is 31.4 Å². The predicted molar refractivity (Wildman–Crippen MR) is 136 cm³/mol. The number of unbranched alkanes of at least 4 members (excludes halogenated alkanes) is 2. The van der Waals surface area contributed by atoms with Crippen molar-refractivity contribution in [3.05, 3.63) is 24.3 Å². The summed E-state index contributed by atoms with van der Waals surface area (Å²) in [5.41, 5.74) is 0.667. The number of aliphatic hydroxyl groups is 1. The van der Waals surface area contributed by atoms with Gasteiger partial charge in [-0.15, -0.1) is 11.8 Å². The third-order valence-corrected chi connectivity index (χ3v) is 9.22. The molecular formula is C26H37N3O5S. The second-order valence-corrected chi connectivity index (χ2v) is 11.6. The van der Waals surface area contributed by atoms with E-state index in [2.05, 4.69) is 10.6 Å². The van der Waals surface area contributed by atoms with Gasteiger partial charge in [0.15, 0.2) is 0 Å². The lowest BCUT2D eigenvalue weighted by Crippen LogP contribution is -2.54. The average molecular weight is 504 g/mol. The number of likely N-dealkylation sites (tertiary alicyclic amines) is 1. The van der Waals surface area contributed by atoms with Gasteiger partial charge in [-0.2, -0.15) is 0 Å². The van der Waals surface area contributed by atoms with Gasteiger partial charge in [0, 0.05) is 30.1 Å². The molecule has 3 heterocycles. The van der Waals surface area contributed by atoms with Crippen LogP contribution in [0.1, 0.15) is 52.9 Å². The van der Waals surface area contributed by atoms with Gasteiger partial charge in [-0.3, -0.25) is 14.4 Å². The first kappa shape index (κ1) is 25.8. The molecule has 0 saturated carbocycles. The van der Waals surface area contributed by atoms with Crippen molar-refractivity contribution < 1.29 is 24.2 Å². The highest BCUT2D eigenvalue weighted by Crippen LogP contribution is 2.66. The normalized spacial score (nSPS) is 28.9. The molecular weight excluding hydrogens is 466 g/mol. The van der Waals surface area contributed by atoms with Gasteiger partial charge in [0.05, 0.1) is 23.2 Å². The van der Waals surface area contributed by atoms with Crippen LogP contribution in [-0.4, -0.2) is 69.6 Å². The number of anilines is 1. The lowest BCUT2D eigenvalue weighted by molar-refractivity contribution is -0.139. The summed E-state index contributed by atoms with van der Waals surface area (Å²) in [6.07, 6.45) is 3.75. The molecule has 1 spiro atoms. The molecule has 8 nitrogen and oxygen atoms in total. The molecule has 2 bridgehead atoms. The number of carbonyl (C=O) groups is 3. The maximum atomic E-state index is 13.8. The summed E-state index contributed by atoms with van der Waals surface area (Å²) >= 11 is 1.68. The number of rotatable bonds is 11. The van der Waals surface area contributed by atoms with Crippen LogP contribution < -0.4 is 15.4 Å². The second-order valence-electron chi connectivity index (χ2n) is 9.98. The fourth-order valence-electron chi connectivity index (χ4n) is 5.96. The van der Waals surface area contributed by atoms with Crippen LogP contribution in [0.3, 0.4) is 0 Å². The quantitative estimate of drug-likeness (QED) is 0.401. The van der Waals surface area contributed by atoms with Gasteiger partial charge >= 0.3 is 0 Å². The number of hydrogen-bond acceptors (Lipinski definition) is 6. The SMILES string of the molecule is CCOc1ccc(NC(=O)[C@@H]2[C@H]3C(=O)N(CCCCCO)C(C(=O)NC(C)C)C34CC[C@H]2S4)cc1. The number of thioether (sulfide) groups is 1. The molecule has 0 radical (unpaired) electrons. The molecule has 192 valence electrons. The topological polar surface area (TPSA) is 108 Å². The van der Waals surface area contributed by atoms with Gasteiger partial charge in [-0.05, 0) is 77.1 Å². The zero-order valence-corrected chi connectivity index (χ0v) is 21.6. The van der Waals surface area contributed by atoms with E-state index in [4.69, 9.17) is 9.84 Å². The fourth-order valence-corrected chi connectivity index (χ4v) is 8.17. The van der Waals surface area contributed by atoms with E-state index in [1.54, 1.807) is 16.7 Å². The molecule has 3 amide bonds. The van der Waals surface area contributed by atoms with Gasteiger partial charge in [0.2, 0.25) is 17.7 Å². The van der Waals surface area contributed by atoms with Crippen LogP contribution in [0.15, 0.2) is 24.3 Å². The average Bonchev–Trinajstić information content (AvgIpc) is 3.45. The Hall–Kier alpha value is -2.26. The number of aliphatic hydroxyl groups excluding tert-OH is 1. The van der Waals surface area contributed by atoms with E-state index in [0.29, 0.717) is 25.3 Å². The summed E-state index contributed by atoms with van der Waals surface area (Å²) in [7, 11) is 0. The molecule has 3 N–H and O–H groups in total. The Morgan fingerprint density at radius 2 is 1.94 bits per heavy atom. The van der Waals surface area contributed by atoms with E-state index < -0.39 is 22.6 Å². The van der Waals surface area contributed by atoms with Crippen LogP contribution in [-0.2, 0) is 14.4 Å². The first-order valence-corrected chi connectivity index (χ1v) is 13.6. The summed E-state index contributed by atoms with van der Waals surface area (Å²) in [6.45, 7) is 6.90. The smallest absolute Gasteiger partial charge is 0.244 e. The van der Waals surface area contributed by atoms with Crippen LogP contribution >= 0.6 is 11.8 Å². The summed E-state index contributed by atoms with van der Waals surface area (Å²) in [6, 6.07) is 6.64. The van der Waals surface area contributed by atoms with Crippen molar-refractivity contribution >= 4 is 35.2 Å². The van der Waals surface area contributed by atoms with Gasteiger partial charge < -0.3 is 25.4 Å². The Morgan fingerprint density at radius 3 is 2.60 bits per heavy atom. The molecule has 9 heteroatoms. The minimum atomic E-state index is -0.574. The lowest BCUT2D eigenvalue weighted by Gasteiger charge is -2.34. The number of amides is 3. The molecule has 3 fully saturated rings.